The van der Waals surface area contributed by atoms with Gasteiger partial charge < -0.3 is 5.11 Å². The van der Waals surface area contributed by atoms with E-state index in [2.05, 4.69) is 25.3 Å². The molecule has 0 spiro atoms. The Morgan fingerprint density at radius 3 is 2.40 bits per heavy atom. The fourth-order valence-corrected chi connectivity index (χ4v) is 3.31. The van der Waals surface area contributed by atoms with Crippen molar-refractivity contribution in [3.8, 4) is 11.8 Å². The predicted octanol–water partition coefficient (Wildman–Crippen LogP) is 4.03. The van der Waals surface area contributed by atoms with Gasteiger partial charge in [-0.1, -0.05) is 39.2 Å². The van der Waals surface area contributed by atoms with Gasteiger partial charge in [0.1, 0.15) is 0 Å². The summed E-state index contributed by atoms with van der Waals surface area (Å²) < 4.78 is 36.8. The minimum Gasteiger partial charge on any atom is -0.396 e. The van der Waals surface area contributed by atoms with E-state index in [0.717, 1.165) is 12.2 Å². The Bertz CT molecular complexity index is 431. The number of hydrogen-bond donors (Lipinski definition) is 1. The van der Waals surface area contributed by atoms with Crippen molar-refractivity contribution >= 4 is 11.8 Å². The Balaban J connectivity index is 2.57. The summed E-state index contributed by atoms with van der Waals surface area (Å²) in [7, 11) is 0. The van der Waals surface area contributed by atoms with Crippen molar-refractivity contribution in [2.45, 2.75) is 44.5 Å². The monoisotopic (exact) mass is 306 g/mol. The van der Waals surface area contributed by atoms with Crippen LogP contribution in [0.15, 0.2) is 12.2 Å². The van der Waals surface area contributed by atoms with E-state index >= 15 is 0 Å². The van der Waals surface area contributed by atoms with E-state index in [-0.39, 0.29) is 16.8 Å². The highest BCUT2D eigenvalue weighted by Crippen LogP contribution is 2.57. The Morgan fingerprint density at radius 2 is 2.00 bits per heavy atom. The highest BCUT2D eigenvalue weighted by Gasteiger charge is 2.51. The van der Waals surface area contributed by atoms with Gasteiger partial charge in [-0.25, -0.2) is 0 Å². The fourth-order valence-electron chi connectivity index (χ4n) is 1.71. The first-order chi connectivity index (χ1) is 9.02. The average Bonchev–Trinajstić information content (AvgIpc) is 2.97. The summed E-state index contributed by atoms with van der Waals surface area (Å²) in [5.74, 6) is 5.97. The molecule has 0 radical (unpaired) electrons. The summed E-state index contributed by atoms with van der Waals surface area (Å²) >= 11 is 1.72. The lowest BCUT2D eigenvalue weighted by Crippen LogP contribution is -2.22. The van der Waals surface area contributed by atoms with Crippen LogP contribution in [0.25, 0.3) is 0 Å². The Hall–Kier alpha value is -0.600. The highest BCUT2D eigenvalue weighted by atomic mass is 32.2. The lowest BCUT2D eigenvalue weighted by molar-refractivity contribution is -0.0868. The lowest BCUT2D eigenvalue weighted by atomic mass is 9.98. The van der Waals surface area contributed by atoms with E-state index in [1.807, 2.05) is 13.8 Å². The maximum atomic E-state index is 12.3. The topological polar surface area (TPSA) is 20.2 Å². The van der Waals surface area contributed by atoms with Gasteiger partial charge in [0.15, 0.2) is 0 Å². The Labute approximate surface area is 123 Å². The molecule has 5 heteroatoms. The van der Waals surface area contributed by atoms with Crippen LogP contribution in [-0.2, 0) is 0 Å². The molecule has 1 aliphatic rings. The molecule has 0 aliphatic heterocycles. The lowest BCUT2D eigenvalue weighted by Gasteiger charge is -2.24. The number of rotatable bonds is 5. The molecule has 1 fully saturated rings. The molecule has 1 aliphatic carbocycles. The van der Waals surface area contributed by atoms with Gasteiger partial charge in [0.05, 0.1) is 5.57 Å². The average molecular weight is 306 g/mol. The summed E-state index contributed by atoms with van der Waals surface area (Å²) in [6.45, 7) is 9.07. The second-order valence-corrected chi connectivity index (χ2v) is 7.63. The molecule has 2 atom stereocenters. The predicted molar refractivity (Wildman–Crippen MR) is 77.4 cm³/mol. The molecule has 20 heavy (non-hydrogen) atoms. The number of hydrogen-bond acceptors (Lipinski definition) is 2. The van der Waals surface area contributed by atoms with E-state index < -0.39 is 11.7 Å². The maximum absolute atomic E-state index is 12.3. The van der Waals surface area contributed by atoms with Crippen LogP contribution in [0.3, 0.4) is 0 Å². The molecule has 1 rings (SSSR count). The van der Waals surface area contributed by atoms with Crippen molar-refractivity contribution in [1.82, 2.24) is 0 Å². The number of alkyl halides is 3. The smallest absolute Gasteiger partial charge is 0.396 e. The standard InChI is InChI=1S/C15H21F3OS/c1-11(15(16,17)18)6-5-7-14(8-12(14)2)20-10-13(3,4)9-19/h12,19H,1,7-10H2,2-4H3. The van der Waals surface area contributed by atoms with Gasteiger partial charge >= 0.3 is 6.18 Å². The van der Waals surface area contributed by atoms with Crippen LogP contribution < -0.4 is 0 Å². The minimum atomic E-state index is -4.43. The van der Waals surface area contributed by atoms with Crippen LogP contribution in [-0.4, -0.2) is 28.4 Å². The fraction of sp³-hybridized carbons (Fsp3) is 0.733. The van der Waals surface area contributed by atoms with Crippen LogP contribution in [0.2, 0.25) is 0 Å². The van der Waals surface area contributed by atoms with Gasteiger partial charge in [-0.2, -0.15) is 24.9 Å². The quantitative estimate of drug-likeness (QED) is 0.774. The van der Waals surface area contributed by atoms with Crippen molar-refractivity contribution < 1.29 is 18.3 Å². The number of aliphatic hydroxyl groups excluding tert-OH is 1. The van der Waals surface area contributed by atoms with E-state index in [9.17, 15) is 18.3 Å². The molecule has 0 bridgehead atoms. The van der Waals surface area contributed by atoms with Gasteiger partial charge in [-0.15, -0.1) is 0 Å². The van der Waals surface area contributed by atoms with E-state index in [1.165, 1.54) is 0 Å². The first-order valence-electron chi connectivity index (χ1n) is 6.52. The molecular weight excluding hydrogens is 285 g/mol. The molecule has 1 nitrogen and oxygen atoms in total. The third-order valence-corrected chi connectivity index (χ3v) is 5.75. The molecular formula is C15H21F3OS. The van der Waals surface area contributed by atoms with E-state index in [4.69, 9.17) is 0 Å². The van der Waals surface area contributed by atoms with Crippen molar-refractivity contribution in [2.75, 3.05) is 12.4 Å². The van der Waals surface area contributed by atoms with Crippen molar-refractivity contribution in [3.05, 3.63) is 12.2 Å². The minimum absolute atomic E-state index is 0.0503. The van der Waals surface area contributed by atoms with Crippen LogP contribution >= 0.6 is 11.8 Å². The van der Waals surface area contributed by atoms with E-state index in [1.54, 1.807) is 11.8 Å². The molecule has 0 amide bonds. The first-order valence-corrected chi connectivity index (χ1v) is 7.51. The molecule has 0 heterocycles. The molecule has 1 N–H and O–H groups in total. The second kappa shape index (κ2) is 6.03. The molecule has 2 unspecified atom stereocenters. The Kier molecular flexibility index (Phi) is 5.26. The summed E-state index contributed by atoms with van der Waals surface area (Å²) in [4.78, 5) is 0. The maximum Gasteiger partial charge on any atom is 0.423 e. The second-order valence-electron chi connectivity index (χ2n) is 6.24. The largest absolute Gasteiger partial charge is 0.423 e. The molecule has 0 aromatic heterocycles. The van der Waals surface area contributed by atoms with Crippen LogP contribution in [0.4, 0.5) is 13.2 Å². The van der Waals surface area contributed by atoms with Gasteiger partial charge in [0.2, 0.25) is 0 Å². The summed E-state index contributed by atoms with van der Waals surface area (Å²) in [5.41, 5.74) is -1.16. The summed E-state index contributed by atoms with van der Waals surface area (Å²) in [6, 6.07) is 0. The van der Waals surface area contributed by atoms with Gasteiger partial charge in [0, 0.05) is 23.5 Å². The Morgan fingerprint density at radius 1 is 1.45 bits per heavy atom. The van der Waals surface area contributed by atoms with Crippen LogP contribution in [0.1, 0.15) is 33.6 Å². The number of allylic oxidation sites excluding steroid dienone is 1. The zero-order chi connectivity index (χ0) is 15.6. The number of aliphatic hydroxyl groups is 1. The number of halogens is 3. The summed E-state index contributed by atoms with van der Waals surface area (Å²) in [5, 5.41) is 9.24. The van der Waals surface area contributed by atoms with E-state index in [0.29, 0.717) is 12.3 Å². The third-order valence-electron chi connectivity index (χ3n) is 3.54. The van der Waals surface area contributed by atoms with Gasteiger partial charge in [0.25, 0.3) is 0 Å². The third kappa shape index (κ3) is 4.75. The van der Waals surface area contributed by atoms with Crippen molar-refractivity contribution in [2.24, 2.45) is 11.3 Å². The van der Waals surface area contributed by atoms with Crippen molar-refractivity contribution in [1.29, 1.82) is 0 Å². The van der Waals surface area contributed by atoms with Gasteiger partial charge in [-0.3, -0.25) is 0 Å². The first kappa shape index (κ1) is 17.5. The summed E-state index contributed by atoms with van der Waals surface area (Å²) in [6.07, 6.45) is -3.02. The highest BCUT2D eigenvalue weighted by molar-refractivity contribution is 8.01. The molecule has 0 saturated heterocycles. The molecule has 0 aromatic carbocycles. The molecule has 0 aromatic rings. The van der Waals surface area contributed by atoms with Crippen LogP contribution in [0, 0.1) is 23.2 Å². The SMILES string of the molecule is C=C(C#CCC1(SCC(C)(C)CO)CC1C)C(F)(F)F. The zero-order valence-corrected chi connectivity index (χ0v) is 12.9. The number of thioether (sulfide) groups is 1. The van der Waals surface area contributed by atoms with Crippen LogP contribution in [0.5, 0.6) is 0 Å². The molecule has 1 saturated carbocycles. The van der Waals surface area contributed by atoms with Crippen molar-refractivity contribution in [3.63, 3.8) is 0 Å². The van der Waals surface area contributed by atoms with Gasteiger partial charge in [-0.05, 0) is 17.8 Å². The zero-order valence-electron chi connectivity index (χ0n) is 12.1. The molecule has 114 valence electrons. The normalized spacial score (nSPS) is 25.9.